The van der Waals surface area contributed by atoms with E-state index in [1.807, 2.05) is 12.3 Å². The van der Waals surface area contributed by atoms with Crippen molar-refractivity contribution in [2.75, 3.05) is 38.1 Å². The summed E-state index contributed by atoms with van der Waals surface area (Å²) < 4.78 is 0. The maximum absolute atomic E-state index is 4.53. The molecule has 0 bridgehead atoms. The molecular formula is C17H19N5. The van der Waals surface area contributed by atoms with Gasteiger partial charge in [-0.25, -0.2) is 9.97 Å². The van der Waals surface area contributed by atoms with Crippen LogP contribution in [0, 0.1) is 0 Å². The summed E-state index contributed by atoms with van der Waals surface area (Å²) >= 11 is 0. The molecule has 3 heterocycles. The van der Waals surface area contributed by atoms with Crippen LogP contribution in [0.1, 0.15) is 0 Å². The van der Waals surface area contributed by atoms with Gasteiger partial charge in [0, 0.05) is 37.9 Å². The van der Waals surface area contributed by atoms with Crippen LogP contribution >= 0.6 is 0 Å². The summed E-state index contributed by atoms with van der Waals surface area (Å²) in [7, 11) is 2.16. The molecule has 112 valence electrons. The number of fused-ring (bicyclic) bond motifs is 1. The second kappa shape index (κ2) is 5.42. The third-order valence-electron chi connectivity index (χ3n) is 4.33. The monoisotopic (exact) mass is 293 g/mol. The minimum atomic E-state index is 0.995. The van der Waals surface area contributed by atoms with E-state index in [1.165, 1.54) is 5.56 Å². The number of likely N-dealkylation sites (N-methyl/N-ethyl adjacent to an activating group) is 1. The third-order valence-corrected chi connectivity index (χ3v) is 4.33. The molecule has 1 N–H and O–H groups in total. The highest BCUT2D eigenvalue weighted by atomic mass is 15.3. The highest BCUT2D eigenvalue weighted by molar-refractivity contribution is 5.97. The smallest absolute Gasteiger partial charge is 0.156 e. The molecule has 1 fully saturated rings. The first-order chi connectivity index (χ1) is 10.8. The van der Waals surface area contributed by atoms with Crippen molar-refractivity contribution < 1.29 is 0 Å². The lowest BCUT2D eigenvalue weighted by molar-refractivity contribution is 0.312. The van der Waals surface area contributed by atoms with Gasteiger partial charge in [0.05, 0.1) is 0 Å². The minimum absolute atomic E-state index is 0.995. The van der Waals surface area contributed by atoms with Crippen molar-refractivity contribution in [3.8, 4) is 11.1 Å². The number of H-pyrrole nitrogens is 1. The summed E-state index contributed by atoms with van der Waals surface area (Å²) in [6.07, 6.45) is 3.71. The van der Waals surface area contributed by atoms with Gasteiger partial charge in [0.1, 0.15) is 17.4 Å². The average Bonchev–Trinajstić information content (AvgIpc) is 3.00. The van der Waals surface area contributed by atoms with Crippen LogP contribution in [0.25, 0.3) is 22.2 Å². The molecule has 2 aromatic heterocycles. The zero-order valence-electron chi connectivity index (χ0n) is 12.7. The van der Waals surface area contributed by atoms with E-state index in [2.05, 4.69) is 56.1 Å². The first-order valence-electron chi connectivity index (χ1n) is 7.64. The topological polar surface area (TPSA) is 48.1 Å². The van der Waals surface area contributed by atoms with Crippen molar-refractivity contribution in [2.45, 2.75) is 0 Å². The van der Waals surface area contributed by atoms with Gasteiger partial charge in [0.25, 0.3) is 0 Å². The molecule has 0 amide bonds. The molecule has 1 aliphatic heterocycles. The summed E-state index contributed by atoms with van der Waals surface area (Å²) in [6, 6.07) is 10.4. The van der Waals surface area contributed by atoms with Gasteiger partial charge in [0.15, 0.2) is 5.82 Å². The van der Waals surface area contributed by atoms with Crippen molar-refractivity contribution in [2.24, 2.45) is 0 Å². The molecule has 22 heavy (non-hydrogen) atoms. The number of rotatable bonds is 2. The molecule has 5 nitrogen and oxygen atoms in total. The Morgan fingerprint density at radius 3 is 2.55 bits per heavy atom. The molecule has 0 unspecified atom stereocenters. The molecule has 5 heteroatoms. The Kier molecular flexibility index (Phi) is 3.27. The Bertz CT molecular complexity index is 772. The van der Waals surface area contributed by atoms with Crippen LogP contribution in [0.5, 0.6) is 0 Å². The normalized spacial score (nSPS) is 16.3. The van der Waals surface area contributed by atoms with Gasteiger partial charge < -0.3 is 14.8 Å². The standard InChI is InChI=1S/C17H19N5/c1-21-7-9-22(10-8-21)17-16-15(19-12-20-17)14(11-18-16)13-5-3-2-4-6-13/h2-6,11-12,18H,7-10H2,1H3. The van der Waals surface area contributed by atoms with Crippen molar-refractivity contribution in [1.82, 2.24) is 19.9 Å². The summed E-state index contributed by atoms with van der Waals surface area (Å²) in [5, 5.41) is 0. The van der Waals surface area contributed by atoms with Gasteiger partial charge in [-0.15, -0.1) is 0 Å². The predicted octanol–water partition coefficient (Wildman–Crippen LogP) is 2.38. The molecule has 1 aromatic carbocycles. The van der Waals surface area contributed by atoms with Gasteiger partial charge >= 0.3 is 0 Å². The van der Waals surface area contributed by atoms with E-state index in [4.69, 9.17) is 0 Å². The summed E-state index contributed by atoms with van der Waals surface area (Å²) in [6.45, 7) is 4.14. The van der Waals surface area contributed by atoms with Gasteiger partial charge in [-0.3, -0.25) is 0 Å². The van der Waals surface area contributed by atoms with Crippen molar-refractivity contribution in [3.05, 3.63) is 42.9 Å². The molecule has 0 radical (unpaired) electrons. The van der Waals surface area contributed by atoms with Crippen molar-refractivity contribution >= 4 is 16.9 Å². The maximum Gasteiger partial charge on any atom is 0.156 e. The lowest BCUT2D eigenvalue weighted by Crippen LogP contribution is -2.44. The van der Waals surface area contributed by atoms with Crippen LogP contribution in [0.4, 0.5) is 5.82 Å². The van der Waals surface area contributed by atoms with Gasteiger partial charge in [-0.1, -0.05) is 30.3 Å². The van der Waals surface area contributed by atoms with E-state index in [1.54, 1.807) is 6.33 Å². The van der Waals surface area contributed by atoms with Gasteiger partial charge in [-0.05, 0) is 12.6 Å². The van der Waals surface area contributed by atoms with E-state index in [0.717, 1.165) is 48.6 Å². The largest absolute Gasteiger partial charge is 0.356 e. The third kappa shape index (κ3) is 2.23. The quantitative estimate of drug-likeness (QED) is 0.788. The van der Waals surface area contributed by atoms with E-state index in [-0.39, 0.29) is 0 Å². The van der Waals surface area contributed by atoms with Crippen molar-refractivity contribution in [3.63, 3.8) is 0 Å². The second-order valence-corrected chi connectivity index (χ2v) is 5.78. The number of piperazine rings is 1. The minimum Gasteiger partial charge on any atom is -0.356 e. The Morgan fingerprint density at radius 2 is 1.77 bits per heavy atom. The fraction of sp³-hybridized carbons (Fsp3) is 0.294. The number of nitrogens with zero attached hydrogens (tertiary/aromatic N) is 4. The highest BCUT2D eigenvalue weighted by Gasteiger charge is 2.19. The summed E-state index contributed by atoms with van der Waals surface area (Å²) in [5.74, 6) is 1.01. The predicted molar refractivity (Wildman–Crippen MR) is 89.0 cm³/mol. The highest BCUT2D eigenvalue weighted by Crippen LogP contribution is 2.31. The number of benzene rings is 1. The zero-order valence-corrected chi connectivity index (χ0v) is 12.7. The fourth-order valence-corrected chi connectivity index (χ4v) is 3.02. The molecular weight excluding hydrogens is 274 g/mol. The lowest BCUT2D eigenvalue weighted by atomic mass is 10.1. The Labute approximate surface area is 129 Å². The Morgan fingerprint density at radius 1 is 1.00 bits per heavy atom. The molecule has 0 saturated carbocycles. The van der Waals surface area contributed by atoms with E-state index in [0.29, 0.717) is 0 Å². The summed E-state index contributed by atoms with van der Waals surface area (Å²) in [5.41, 5.74) is 4.34. The van der Waals surface area contributed by atoms with Crippen LogP contribution in [-0.2, 0) is 0 Å². The molecule has 0 aliphatic carbocycles. The van der Waals surface area contributed by atoms with Crippen molar-refractivity contribution in [1.29, 1.82) is 0 Å². The summed E-state index contributed by atoms with van der Waals surface area (Å²) in [4.78, 5) is 17.1. The second-order valence-electron chi connectivity index (χ2n) is 5.78. The van der Waals surface area contributed by atoms with Crippen LogP contribution in [0.2, 0.25) is 0 Å². The number of hydrogen-bond donors (Lipinski definition) is 1. The molecule has 1 saturated heterocycles. The zero-order chi connectivity index (χ0) is 14.9. The SMILES string of the molecule is CN1CCN(c2ncnc3c(-c4ccccc4)c[nH]c23)CC1. The number of aromatic nitrogens is 3. The molecule has 4 rings (SSSR count). The van der Waals surface area contributed by atoms with Crippen LogP contribution < -0.4 is 4.90 Å². The lowest BCUT2D eigenvalue weighted by Gasteiger charge is -2.33. The van der Waals surface area contributed by atoms with Crippen LogP contribution in [0.15, 0.2) is 42.9 Å². The van der Waals surface area contributed by atoms with Crippen LogP contribution in [-0.4, -0.2) is 53.1 Å². The molecule has 1 aliphatic rings. The van der Waals surface area contributed by atoms with Crippen LogP contribution in [0.3, 0.4) is 0 Å². The average molecular weight is 293 g/mol. The van der Waals surface area contributed by atoms with Gasteiger partial charge in [-0.2, -0.15) is 0 Å². The Hall–Kier alpha value is -2.40. The molecule has 0 atom stereocenters. The fourth-order valence-electron chi connectivity index (χ4n) is 3.02. The number of nitrogens with one attached hydrogen (secondary N) is 1. The maximum atomic E-state index is 4.53. The van der Waals surface area contributed by atoms with E-state index >= 15 is 0 Å². The van der Waals surface area contributed by atoms with Gasteiger partial charge in [0.2, 0.25) is 0 Å². The first kappa shape index (κ1) is 13.3. The number of hydrogen-bond acceptors (Lipinski definition) is 4. The number of anilines is 1. The first-order valence-corrected chi connectivity index (χ1v) is 7.64. The Balaban J connectivity index is 1.77. The molecule has 0 spiro atoms. The van der Waals surface area contributed by atoms with E-state index in [9.17, 15) is 0 Å². The van der Waals surface area contributed by atoms with E-state index < -0.39 is 0 Å². The molecule has 3 aromatic rings. The number of aromatic amines is 1.